The van der Waals surface area contributed by atoms with Crippen LogP contribution in [0.25, 0.3) is 0 Å². The summed E-state index contributed by atoms with van der Waals surface area (Å²) in [7, 11) is 0. The zero-order valence-electron chi connectivity index (χ0n) is 10.5. The van der Waals surface area contributed by atoms with Gasteiger partial charge in [-0.15, -0.1) is 11.3 Å². The number of carbonyl (C=O) groups is 2. The molecule has 0 fully saturated rings. The second-order valence-corrected chi connectivity index (χ2v) is 4.93. The predicted octanol–water partition coefficient (Wildman–Crippen LogP) is 1.51. The number of aromatic carboxylic acids is 1. The minimum atomic E-state index is -1.06. The fraction of sp³-hybridized carbons (Fsp3) is 0.167. The lowest BCUT2D eigenvalue weighted by molar-refractivity contribution is 0.0691. The molecule has 7 nitrogen and oxygen atoms in total. The van der Waals surface area contributed by atoms with Crippen molar-refractivity contribution in [1.82, 2.24) is 9.97 Å². The van der Waals surface area contributed by atoms with Crippen LogP contribution in [0, 0.1) is 0 Å². The molecule has 20 heavy (non-hydrogen) atoms. The van der Waals surface area contributed by atoms with Crippen LogP contribution in [-0.4, -0.2) is 27.0 Å². The molecule has 0 saturated carbocycles. The van der Waals surface area contributed by atoms with E-state index in [1.54, 1.807) is 0 Å². The quantitative estimate of drug-likeness (QED) is 0.768. The first-order valence-corrected chi connectivity index (χ1v) is 6.56. The van der Waals surface area contributed by atoms with Crippen LogP contribution >= 0.6 is 11.3 Å². The number of aromatic nitrogens is 2. The van der Waals surface area contributed by atoms with Gasteiger partial charge in [0.05, 0.1) is 6.04 Å². The zero-order valence-corrected chi connectivity index (χ0v) is 11.3. The van der Waals surface area contributed by atoms with Crippen molar-refractivity contribution in [3.05, 3.63) is 40.0 Å². The second kappa shape index (κ2) is 5.66. The third-order valence-corrected chi connectivity index (χ3v) is 3.55. The van der Waals surface area contributed by atoms with E-state index in [0.717, 1.165) is 0 Å². The number of hydrogen-bond acceptors (Lipinski definition) is 6. The maximum atomic E-state index is 11.1. The molecule has 0 aliphatic heterocycles. The van der Waals surface area contributed by atoms with Crippen molar-refractivity contribution < 1.29 is 14.7 Å². The predicted molar refractivity (Wildman–Crippen MR) is 73.9 cm³/mol. The molecular weight excluding hydrogens is 280 g/mol. The molecule has 1 unspecified atom stereocenters. The molecular formula is C12H12N4O3S. The van der Waals surface area contributed by atoms with Crippen LogP contribution in [-0.2, 0) is 0 Å². The number of carboxylic acids is 1. The first-order chi connectivity index (χ1) is 9.47. The third kappa shape index (κ3) is 3.09. The van der Waals surface area contributed by atoms with Crippen molar-refractivity contribution in [3.8, 4) is 0 Å². The number of pyridine rings is 1. The number of carbonyl (C=O) groups excluding carboxylic acids is 1. The van der Waals surface area contributed by atoms with E-state index < -0.39 is 11.9 Å². The Morgan fingerprint density at radius 1 is 1.50 bits per heavy atom. The van der Waals surface area contributed by atoms with E-state index in [4.69, 9.17) is 10.8 Å². The molecule has 2 rings (SSSR count). The first kappa shape index (κ1) is 13.9. The van der Waals surface area contributed by atoms with Crippen molar-refractivity contribution in [2.24, 2.45) is 5.73 Å². The largest absolute Gasteiger partial charge is 0.476 e. The van der Waals surface area contributed by atoms with Crippen LogP contribution in [0.5, 0.6) is 0 Å². The van der Waals surface area contributed by atoms with Crippen LogP contribution in [0.4, 0.5) is 5.82 Å². The number of nitrogens with one attached hydrogen (secondary N) is 1. The highest BCUT2D eigenvalue weighted by atomic mass is 32.1. The Hall–Kier alpha value is -2.48. The molecule has 0 aromatic carbocycles. The number of primary amides is 1. The molecule has 1 atom stereocenters. The van der Waals surface area contributed by atoms with Crippen LogP contribution in [0.3, 0.4) is 0 Å². The molecule has 0 spiro atoms. The van der Waals surface area contributed by atoms with Crippen LogP contribution in [0.1, 0.15) is 38.8 Å². The molecule has 2 aromatic heterocycles. The SMILES string of the molecule is CC(Nc1cc(C(N)=O)ccn1)c1nc(C(=O)O)cs1. The second-order valence-electron chi connectivity index (χ2n) is 4.04. The van der Waals surface area contributed by atoms with Gasteiger partial charge in [0.15, 0.2) is 5.69 Å². The van der Waals surface area contributed by atoms with Gasteiger partial charge in [0.2, 0.25) is 5.91 Å². The lowest BCUT2D eigenvalue weighted by atomic mass is 10.2. The van der Waals surface area contributed by atoms with Gasteiger partial charge in [0, 0.05) is 17.1 Å². The number of rotatable bonds is 5. The summed E-state index contributed by atoms with van der Waals surface area (Å²) in [5.74, 6) is -1.13. The molecule has 8 heteroatoms. The Balaban J connectivity index is 2.14. The van der Waals surface area contributed by atoms with Crippen molar-refractivity contribution in [3.63, 3.8) is 0 Å². The Labute approximate surface area is 118 Å². The number of hydrogen-bond donors (Lipinski definition) is 3. The number of thiazole rings is 1. The van der Waals surface area contributed by atoms with Crippen molar-refractivity contribution >= 4 is 29.0 Å². The summed E-state index contributed by atoms with van der Waals surface area (Å²) in [6.07, 6.45) is 1.47. The first-order valence-electron chi connectivity index (χ1n) is 5.68. The third-order valence-electron chi connectivity index (χ3n) is 2.52. The van der Waals surface area contributed by atoms with Crippen molar-refractivity contribution in [1.29, 1.82) is 0 Å². The maximum Gasteiger partial charge on any atom is 0.355 e. The lowest BCUT2D eigenvalue weighted by Crippen LogP contribution is -2.13. The van der Waals surface area contributed by atoms with Gasteiger partial charge in [-0.25, -0.2) is 14.8 Å². The van der Waals surface area contributed by atoms with Gasteiger partial charge in [0.25, 0.3) is 0 Å². The summed E-state index contributed by atoms with van der Waals surface area (Å²) in [5, 5.41) is 14.0. The highest BCUT2D eigenvalue weighted by Crippen LogP contribution is 2.22. The topological polar surface area (TPSA) is 118 Å². The average molecular weight is 292 g/mol. The fourth-order valence-electron chi connectivity index (χ4n) is 1.53. The molecule has 0 bridgehead atoms. The Morgan fingerprint density at radius 2 is 2.25 bits per heavy atom. The summed E-state index contributed by atoms with van der Waals surface area (Å²) in [6, 6.07) is 2.82. The molecule has 0 radical (unpaired) electrons. The number of carboxylic acid groups (broad SMARTS) is 1. The molecule has 104 valence electrons. The number of amides is 1. The number of nitrogens with zero attached hydrogens (tertiary/aromatic N) is 2. The standard InChI is InChI=1S/C12H12N4O3S/c1-6(11-16-8(5-20-11)12(18)19)15-9-4-7(10(13)17)2-3-14-9/h2-6H,1H3,(H2,13,17)(H,14,15)(H,18,19). The van der Waals surface area contributed by atoms with Gasteiger partial charge in [-0.1, -0.05) is 0 Å². The minimum Gasteiger partial charge on any atom is -0.476 e. The van der Waals surface area contributed by atoms with Crippen LogP contribution < -0.4 is 11.1 Å². The maximum absolute atomic E-state index is 11.1. The average Bonchev–Trinajstić information content (AvgIpc) is 2.88. The van der Waals surface area contributed by atoms with Gasteiger partial charge < -0.3 is 16.2 Å². The molecule has 0 aliphatic carbocycles. The Morgan fingerprint density at radius 3 is 2.85 bits per heavy atom. The van der Waals surface area contributed by atoms with Crippen molar-refractivity contribution in [2.45, 2.75) is 13.0 Å². The summed E-state index contributed by atoms with van der Waals surface area (Å²) in [6.45, 7) is 1.82. The Kier molecular flexibility index (Phi) is 3.94. The van der Waals surface area contributed by atoms with E-state index in [1.165, 1.54) is 35.0 Å². The normalized spacial score (nSPS) is 11.8. The Bertz CT molecular complexity index is 656. The summed E-state index contributed by atoms with van der Waals surface area (Å²) in [5.41, 5.74) is 5.55. The van der Waals surface area contributed by atoms with E-state index in [-0.39, 0.29) is 11.7 Å². The van der Waals surface area contributed by atoms with E-state index in [9.17, 15) is 9.59 Å². The summed E-state index contributed by atoms with van der Waals surface area (Å²) in [4.78, 5) is 29.9. The van der Waals surface area contributed by atoms with Crippen LogP contribution in [0.2, 0.25) is 0 Å². The monoisotopic (exact) mass is 292 g/mol. The fourth-order valence-corrected chi connectivity index (χ4v) is 2.33. The molecule has 0 aliphatic rings. The van der Waals surface area contributed by atoms with E-state index in [0.29, 0.717) is 16.4 Å². The smallest absolute Gasteiger partial charge is 0.355 e. The molecule has 4 N–H and O–H groups in total. The number of nitrogens with two attached hydrogens (primary N) is 1. The molecule has 0 saturated heterocycles. The number of anilines is 1. The van der Waals surface area contributed by atoms with Crippen LogP contribution in [0.15, 0.2) is 23.7 Å². The van der Waals surface area contributed by atoms with E-state index in [1.807, 2.05) is 6.92 Å². The van der Waals surface area contributed by atoms with E-state index >= 15 is 0 Å². The lowest BCUT2D eigenvalue weighted by Gasteiger charge is -2.12. The van der Waals surface area contributed by atoms with Gasteiger partial charge in [-0.05, 0) is 19.1 Å². The van der Waals surface area contributed by atoms with Gasteiger partial charge in [-0.3, -0.25) is 4.79 Å². The summed E-state index contributed by atoms with van der Waals surface area (Å²) < 4.78 is 0. The summed E-state index contributed by atoms with van der Waals surface area (Å²) >= 11 is 1.24. The van der Waals surface area contributed by atoms with E-state index in [2.05, 4.69) is 15.3 Å². The van der Waals surface area contributed by atoms with Gasteiger partial charge in [-0.2, -0.15) is 0 Å². The highest BCUT2D eigenvalue weighted by molar-refractivity contribution is 7.09. The molecule has 1 amide bonds. The zero-order chi connectivity index (χ0) is 14.7. The molecule has 2 aromatic rings. The highest BCUT2D eigenvalue weighted by Gasteiger charge is 2.14. The minimum absolute atomic E-state index is 0.0116. The van der Waals surface area contributed by atoms with Crippen molar-refractivity contribution in [2.75, 3.05) is 5.32 Å². The molecule has 2 heterocycles. The van der Waals surface area contributed by atoms with Gasteiger partial charge >= 0.3 is 5.97 Å². The van der Waals surface area contributed by atoms with Gasteiger partial charge in [0.1, 0.15) is 10.8 Å².